The average molecular weight is 261 g/mol. The Morgan fingerprint density at radius 3 is 2.53 bits per heavy atom. The molecule has 3 nitrogen and oxygen atoms in total. The van der Waals surface area contributed by atoms with Gasteiger partial charge in [-0.25, -0.2) is 18.7 Å². The smallest absolute Gasteiger partial charge is 0.257 e. The molecule has 0 spiro atoms. The molecule has 0 saturated heterocycles. The lowest BCUT2D eigenvalue weighted by Crippen LogP contribution is -2.03. The number of nitrogens with one attached hydrogen (secondary N) is 1. The summed E-state index contributed by atoms with van der Waals surface area (Å²) in [4.78, 5) is 8.40. The van der Waals surface area contributed by atoms with Gasteiger partial charge in [-0.05, 0) is 25.1 Å². The molecule has 0 aliphatic heterocycles. The summed E-state index contributed by atoms with van der Waals surface area (Å²) in [5, 5.41) is 3.03. The van der Waals surface area contributed by atoms with E-state index in [2.05, 4.69) is 15.3 Å². The standard InChI is InChI=1S/C14H13F2N3/c1-9-7-12(11-8-14(11,15)16)19-13(17-9)18-10-5-3-2-4-6-10/h2-7,11H,8H2,1H3,(H,17,18,19). The topological polar surface area (TPSA) is 37.8 Å². The Bertz CT molecular complexity index is 599. The third kappa shape index (κ3) is 2.54. The second kappa shape index (κ2) is 4.26. The van der Waals surface area contributed by atoms with Gasteiger partial charge in [-0.3, -0.25) is 0 Å². The maximum atomic E-state index is 13.1. The van der Waals surface area contributed by atoms with E-state index in [1.807, 2.05) is 30.3 Å². The highest BCUT2D eigenvalue weighted by atomic mass is 19.3. The van der Waals surface area contributed by atoms with Crippen molar-refractivity contribution in [2.75, 3.05) is 5.32 Å². The van der Waals surface area contributed by atoms with Gasteiger partial charge in [0.05, 0.1) is 11.6 Å². The molecule has 1 saturated carbocycles. The lowest BCUT2D eigenvalue weighted by molar-refractivity contribution is 0.111. The molecule has 0 amide bonds. The number of alkyl halides is 2. The predicted octanol–water partition coefficient (Wildman–Crippen LogP) is 3.65. The number of benzene rings is 1. The van der Waals surface area contributed by atoms with Crippen LogP contribution in [0.25, 0.3) is 0 Å². The summed E-state index contributed by atoms with van der Waals surface area (Å²) in [6.07, 6.45) is -0.117. The van der Waals surface area contributed by atoms with Gasteiger partial charge in [-0.2, -0.15) is 0 Å². The molecule has 1 aromatic heterocycles. The van der Waals surface area contributed by atoms with Gasteiger partial charge < -0.3 is 5.32 Å². The van der Waals surface area contributed by atoms with E-state index in [1.54, 1.807) is 13.0 Å². The number of hydrogen-bond acceptors (Lipinski definition) is 3. The number of para-hydroxylation sites is 1. The van der Waals surface area contributed by atoms with Gasteiger partial charge in [-0.1, -0.05) is 18.2 Å². The Morgan fingerprint density at radius 1 is 1.21 bits per heavy atom. The number of hydrogen-bond donors (Lipinski definition) is 1. The zero-order valence-corrected chi connectivity index (χ0v) is 10.4. The minimum absolute atomic E-state index is 0.117. The molecule has 1 aromatic carbocycles. The largest absolute Gasteiger partial charge is 0.324 e. The second-order valence-corrected chi connectivity index (χ2v) is 4.77. The first-order chi connectivity index (χ1) is 9.04. The fourth-order valence-corrected chi connectivity index (χ4v) is 2.01. The van der Waals surface area contributed by atoms with Gasteiger partial charge in [-0.15, -0.1) is 0 Å². The van der Waals surface area contributed by atoms with E-state index >= 15 is 0 Å². The molecule has 1 fully saturated rings. The highest BCUT2D eigenvalue weighted by Crippen LogP contribution is 2.55. The summed E-state index contributed by atoms with van der Waals surface area (Å²) >= 11 is 0. The number of aryl methyl sites for hydroxylation is 1. The first-order valence-corrected chi connectivity index (χ1v) is 6.10. The van der Waals surface area contributed by atoms with Crippen LogP contribution in [0.1, 0.15) is 23.7 Å². The number of nitrogens with zero attached hydrogens (tertiary/aromatic N) is 2. The molecule has 1 unspecified atom stereocenters. The molecule has 3 rings (SSSR count). The Morgan fingerprint density at radius 2 is 1.89 bits per heavy atom. The van der Waals surface area contributed by atoms with Crippen molar-refractivity contribution in [2.24, 2.45) is 0 Å². The van der Waals surface area contributed by atoms with Gasteiger partial charge in [0.15, 0.2) is 0 Å². The van der Waals surface area contributed by atoms with Gasteiger partial charge in [0.1, 0.15) is 0 Å². The second-order valence-electron chi connectivity index (χ2n) is 4.77. The molecule has 19 heavy (non-hydrogen) atoms. The Labute approximate surface area is 109 Å². The van der Waals surface area contributed by atoms with Crippen molar-refractivity contribution >= 4 is 11.6 Å². The van der Waals surface area contributed by atoms with Crippen LogP contribution < -0.4 is 5.32 Å². The van der Waals surface area contributed by atoms with Gasteiger partial charge in [0, 0.05) is 17.8 Å². The third-order valence-electron chi connectivity index (χ3n) is 3.09. The molecule has 5 heteroatoms. The number of aromatic nitrogens is 2. The summed E-state index contributed by atoms with van der Waals surface area (Å²) in [5.74, 6) is -3.00. The summed E-state index contributed by atoms with van der Waals surface area (Å²) in [6, 6.07) is 11.0. The van der Waals surface area contributed by atoms with Crippen molar-refractivity contribution in [2.45, 2.75) is 25.2 Å². The SMILES string of the molecule is Cc1cc(C2CC2(F)F)nc(Nc2ccccc2)n1. The Kier molecular flexibility index (Phi) is 2.69. The average Bonchev–Trinajstić information content (AvgIpc) is 2.99. The van der Waals surface area contributed by atoms with Crippen LogP contribution in [0.4, 0.5) is 20.4 Å². The molecule has 1 atom stereocenters. The monoisotopic (exact) mass is 261 g/mol. The fraction of sp³-hybridized carbons (Fsp3) is 0.286. The molecule has 0 radical (unpaired) electrons. The molecule has 2 aromatic rings. The van der Waals surface area contributed by atoms with Crippen molar-refractivity contribution in [3.05, 3.63) is 47.8 Å². The van der Waals surface area contributed by atoms with Crippen LogP contribution in [-0.2, 0) is 0 Å². The van der Waals surface area contributed by atoms with Gasteiger partial charge in [0.25, 0.3) is 5.92 Å². The van der Waals surface area contributed by atoms with Crippen LogP contribution >= 0.6 is 0 Å². The third-order valence-corrected chi connectivity index (χ3v) is 3.09. The first kappa shape index (κ1) is 12.0. The number of halogens is 2. The minimum atomic E-state index is -2.61. The van der Waals surface area contributed by atoms with Crippen molar-refractivity contribution in [1.29, 1.82) is 0 Å². The maximum Gasteiger partial charge on any atom is 0.257 e. The lowest BCUT2D eigenvalue weighted by Gasteiger charge is -2.07. The predicted molar refractivity (Wildman–Crippen MR) is 68.8 cm³/mol. The quantitative estimate of drug-likeness (QED) is 0.916. The highest BCUT2D eigenvalue weighted by molar-refractivity contribution is 5.53. The normalized spacial score (nSPS) is 20.1. The molecule has 98 valence electrons. The van der Waals surface area contributed by atoms with Gasteiger partial charge >= 0.3 is 0 Å². The Balaban J connectivity index is 1.86. The van der Waals surface area contributed by atoms with Crippen LogP contribution in [0.2, 0.25) is 0 Å². The lowest BCUT2D eigenvalue weighted by atomic mass is 10.2. The Hall–Kier alpha value is -2.04. The first-order valence-electron chi connectivity index (χ1n) is 6.10. The van der Waals surface area contributed by atoms with Crippen LogP contribution in [-0.4, -0.2) is 15.9 Å². The maximum absolute atomic E-state index is 13.1. The van der Waals surface area contributed by atoms with E-state index in [1.165, 1.54) is 0 Å². The summed E-state index contributed by atoms with van der Waals surface area (Å²) < 4.78 is 26.2. The summed E-state index contributed by atoms with van der Waals surface area (Å²) in [6.45, 7) is 1.78. The van der Waals surface area contributed by atoms with Crippen molar-refractivity contribution < 1.29 is 8.78 Å². The molecule has 0 bridgehead atoms. The van der Waals surface area contributed by atoms with Crippen molar-refractivity contribution in [3.63, 3.8) is 0 Å². The minimum Gasteiger partial charge on any atom is -0.324 e. The van der Waals surface area contributed by atoms with E-state index < -0.39 is 11.8 Å². The van der Waals surface area contributed by atoms with Crippen LogP contribution in [0.5, 0.6) is 0 Å². The van der Waals surface area contributed by atoms with Crippen LogP contribution in [0, 0.1) is 6.92 Å². The van der Waals surface area contributed by atoms with E-state index in [9.17, 15) is 8.78 Å². The van der Waals surface area contributed by atoms with E-state index in [4.69, 9.17) is 0 Å². The van der Waals surface area contributed by atoms with E-state index in [0.29, 0.717) is 17.3 Å². The van der Waals surface area contributed by atoms with Crippen LogP contribution in [0.3, 0.4) is 0 Å². The molecule has 1 aliphatic rings. The highest BCUT2D eigenvalue weighted by Gasteiger charge is 2.58. The summed E-state index contributed by atoms with van der Waals surface area (Å²) in [5.41, 5.74) is 1.93. The van der Waals surface area contributed by atoms with Crippen LogP contribution in [0.15, 0.2) is 36.4 Å². The zero-order valence-electron chi connectivity index (χ0n) is 10.4. The van der Waals surface area contributed by atoms with Crippen molar-refractivity contribution in [3.8, 4) is 0 Å². The zero-order chi connectivity index (χ0) is 13.5. The fourth-order valence-electron chi connectivity index (χ4n) is 2.01. The molecule has 1 N–H and O–H groups in total. The molecular weight excluding hydrogens is 248 g/mol. The summed E-state index contributed by atoms with van der Waals surface area (Å²) in [7, 11) is 0. The van der Waals surface area contributed by atoms with E-state index in [0.717, 1.165) is 5.69 Å². The van der Waals surface area contributed by atoms with Gasteiger partial charge in [0.2, 0.25) is 5.95 Å². The van der Waals surface area contributed by atoms with E-state index in [-0.39, 0.29) is 6.42 Å². The molecular formula is C14H13F2N3. The molecule has 1 aliphatic carbocycles. The number of rotatable bonds is 3. The number of anilines is 2. The van der Waals surface area contributed by atoms with Crippen molar-refractivity contribution in [1.82, 2.24) is 9.97 Å². The molecule has 1 heterocycles.